The average Bonchev–Trinajstić information content (AvgIpc) is 3.69. The Hall–Kier alpha value is -2.88. The molecule has 0 bridgehead atoms. The second-order valence-corrected chi connectivity index (χ2v) is 9.43. The Morgan fingerprint density at radius 2 is 2.00 bits per heavy atom. The number of nitrogens with zero attached hydrogens (tertiary/aromatic N) is 4. The second kappa shape index (κ2) is 12.2. The number of aryl methyl sites for hydroxylation is 2. The lowest BCUT2D eigenvalue weighted by atomic mass is 10.1. The molecule has 2 aromatic rings. The van der Waals surface area contributed by atoms with Gasteiger partial charge in [0.1, 0.15) is 11.9 Å². The van der Waals surface area contributed by atoms with Crippen molar-refractivity contribution >= 4 is 17.7 Å². The summed E-state index contributed by atoms with van der Waals surface area (Å²) in [6.07, 6.45) is 7.92. The second-order valence-electron chi connectivity index (χ2n) is 9.43. The van der Waals surface area contributed by atoms with Crippen molar-refractivity contribution in [1.29, 1.82) is 0 Å². The topological polar surface area (TPSA) is 103 Å². The Labute approximate surface area is 204 Å². The van der Waals surface area contributed by atoms with E-state index in [9.17, 15) is 18.7 Å². The van der Waals surface area contributed by atoms with Crippen LogP contribution in [0.4, 0.5) is 20.5 Å². The van der Waals surface area contributed by atoms with Gasteiger partial charge in [-0.3, -0.25) is 4.90 Å². The minimum atomic E-state index is -2.47. The smallest absolute Gasteiger partial charge is 0.326 e. The van der Waals surface area contributed by atoms with E-state index in [4.69, 9.17) is 0 Å². The summed E-state index contributed by atoms with van der Waals surface area (Å²) in [7, 11) is 0. The number of carboxylic acids is 1. The van der Waals surface area contributed by atoms with E-state index in [1.54, 1.807) is 17.3 Å². The SMILES string of the molecule is O=C(O)C(CCN(CCCCc1ccc2c(n1)NCCC2)CC(F)F)Nc1ncc(C2CC2)cn1. The summed E-state index contributed by atoms with van der Waals surface area (Å²) in [5.41, 5.74) is 3.31. The number of aliphatic carboxylic acids is 1. The van der Waals surface area contributed by atoms with Crippen molar-refractivity contribution in [3.63, 3.8) is 0 Å². The maximum atomic E-state index is 13.1. The van der Waals surface area contributed by atoms with Crippen LogP contribution >= 0.6 is 0 Å². The Balaban J connectivity index is 1.24. The summed E-state index contributed by atoms with van der Waals surface area (Å²) in [6, 6.07) is 3.22. The van der Waals surface area contributed by atoms with Gasteiger partial charge in [0.2, 0.25) is 5.95 Å². The van der Waals surface area contributed by atoms with Crippen molar-refractivity contribution in [2.24, 2.45) is 0 Å². The van der Waals surface area contributed by atoms with Gasteiger partial charge in [-0.15, -0.1) is 0 Å². The number of rotatable bonds is 14. The van der Waals surface area contributed by atoms with Crippen LogP contribution in [0.25, 0.3) is 0 Å². The van der Waals surface area contributed by atoms with Gasteiger partial charge in [0, 0.05) is 31.2 Å². The van der Waals surface area contributed by atoms with Gasteiger partial charge in [-0.25, -0.2) is 28.5 Å². The number of carbonyl (C=O) groups is 1. The molecule has 3 heterocycles. The van der Waals surface area contributed by atoms with Crippen molar-refractivity contribution in [3.05, 3.63) is 41.3 Å². The van der Waals surface area contributed by atoms with E-state index in [1.165, 1.54) is 5.56 Å². The van der Waals surface area contributed by atoms with Crippen LogP contribution in [0.5, 0.6) is 0 Å². The van der Waals surface area contributed by atoms with Crippen LogP contribution in [0, 0.1) is 0 Å². The van der Waals surface area contributed by atoms with Crippen LogP contribution in [0.15, 0.2) is 24.5 Å². The molecule has 1 aliphatic carbocycles. The number of unbranched alkanes of at least 4 members (excludes halogenated alkanes) is 1. The maximum Gasteiger partial charge on any atom is 0.326 e. The molecule has 1 unspecified atom stereocenters. The summed E-state index contributed by atoms with van der Waals surface area (Å²) >= 11 is 0. The van der Waals surface area contributed by atoms with Crippen molar-refractivity contribution in [1.82, 2.24) is 19.9 Å². The standard InChI is InChI=1S/C25H34F2N6O2/c26-22(27)16-33(12-2-1-5-20-9-8-18-4-3-11-28-23(18)31-20)13-10-21(24(34)35)32-25-29-14-19(15-30-25)17-6-7-17/h8-9,14-15,17,21-22H,1-7,10-13,16H2,(H,28,31)(H,34,35)(H,29,30,32). The van der Waals surface area contributed by atoms with Gasteiger partial charge in [0.25, 0.3) is 6.43 Å². The molecule has 1 atom stereocenters. The van der Waals surface area contributed by atoms with Gasteiger partial charge in [-0.05, 0) is 81.0 Å². The first-order chi connectivity index (χ1) is 17.0. The summed E-state index contributed by atoms with van der Waals surface area (Å²) in [5.74, 6) is 0.673. The molecule has 0 amide bonds. The fourth-order valence-electron chi connectivity index (χ4n) is 4.40. The number of pyridine rings is 1. The number of alkyl halides is 2. The molecule has 35 heavy (non-hydrogen) atoms. The minimum absolute atomic E-state index is 0.174. The first kappa shape index (κ1) is 25.2. The number of hydrogen-bond acceptors (Lipinski definition) is 7. The molecular weight excluding hydrogens is 454 g/mol. The Bertz CT molecular complexity index is 971. The zero-order valence-corrected chi connectivity index (χ0v) is 19.9. The highest BCUT2D eigenvalue weighted by Gasteiger charge is 2.25. The van der Waals surface area contributed by atoms with E-state index >= 15 is 0 Å². The van der Waals surface area contributed by atoms with Crippen LogP contribution in [0.3, 0.4) is 0 Å². The molecule has 2 aliphatic rings. The average molecular weight is 489 g/mol. The molecule has 0 radical (unpaired) electrons. The van der Waals surface area contributed by atoms with Crippen LogP contribution < -0.4 is 10.6 Å². The number of hydrogen-bond donors (Lipinski definition) is 3. The van der Waals surface area contributed by atoms with E-state index in [2.05, 4.69) is 31.7 Å². The molecule has 190 valence electrons. The zero-order chi connectivity index (χ0) is 24.6. The van der Waals surface area contributed by atoms with Crippen molar-refractivity contribution in [2.75, 3.05) is 36.8 Å². The van der Waals surface area contributed by atoms with E-state index in [0.29, 0.717) is 12.5 Å². The molecule has 8 nitrogen and oxygen atoms in total. The van der Waals surface area contributed by atoms with E-state index in [-0.39, 0.29) is 25.5 Å². The first-order valence-electron chi connectivity index (χ1n) is 12.5. The van der Waals surface area contributed by atoms with Crippen LogP contribution in [-0.4, -0.2) is 69.6 Å². The van der Waals surface area contributed by atoms with Crippen molar-refractivity contribution < 1.29 is 18.7 Å². The number of aromatic nitrogens is 3. The van der Waals surface area contributed by atoms with Crippen LogP contribution in [0.2, 0.25) is 0 Å². The van der Waals surface area contributed by atoms with E-state index < -0.39 is 18.4 Å². The predicted molar refractivity (Wildman–Crippen MR) is 130 cm³/mol. The van der Waals surface area contributed by atoms with Gasteiger partial charge in [0.05, 0.1) is 6.54 Å². The highest BCUT2D eigenvalue weighted by atomic mass is 19.3. The number of halogens is 2. The monoisotopic (exact) mass is 488 g/mol. The van der Waals surface area contributed by atoms with Gasteiger partial charge < -0.3 is 15.7 Å². The van der Waals surface area contributed by atoms with Gasteiger partial charge in [-0.1, -0.05) is 6.07 Å². The summed E-state index contributed by atoms with van der Waals surface area (Å²) in [6.45, 7) is 1.29. The zero-order valence-electron chi connectivity index (χ0n) is 19.9. The third kappa shape index (κ3) is 7.81. The molecule has 0 saturated heterocycles. The molecule has 1 aliphatic heterocycles. The van der Waals surface area contributed by atoms with Gasteiger partial charge in [0.15, 0.2) is 0 Å². The van der Waals surface area contributed by atoms with E-state index in [1.807, 2.05) is 6.07 Å². The molecule has 0 spiro atoms. The Morgan fingerprint density at radius 3 is 2.71 bits per heavy atom. The molecule has 10 heteroatoms. The van der Waals surface area contributed by atoms with E-state index in [0.717, 1.165) is 68.6 Å². The number of fused-ring (bicyclic) bond motifs is 1. The largest absolute Gasteiger partial charge is 0.480 e. The molecule has 2 aromatic heterocycles. The lowest BCUT2D eigenvalue weighted by molar-refractivity contribution is -0.138. The quantitative estimate of drug-likeness (QED) is 0.344. The summed E-state index contributed by atoms with van der Waals surface area (Å²) < 4.78 is 26.3. The minimum Gasteiger partial charge on any atom is -0.480 e. The summed E-state index contributed by atoms with van der Waals surface area (Å²) in [4.78, 5) is 26.5. The molecule has 4 rings (SSSR count). The first-order valence-corrected chi connectivity index (χ1v) is 12.5. The number of nitrogens with one attached hydrogen (secondary N) is 2. The normalized spacial score (nSPS) is 16.1. The van der Waals surface area contributed by atoms with Crippen LogP contribution in [-0.2, 0) is 17.6 Å². The number of anilines is 2. The third-order valence-electron chi connectivity index (χ3n) is 6.56. The lowest BCUT2D eigenvalue weighted by Crippen LogP contribution is -2.37. The predicted octanol–water partition coefficient (Wildman–Crippen LogP) is 3.95. The summed E-state index contributed by atoms with van der Waals surface area (Å²) in [5, 5.41) is 15.8. The molecular formula is C25H34F2N6O2. The molecule has 0 aromatic carbocycles. The molecule has 3 N–H and O–H groups in total. The van der Waals surface area contributed by atoms with Crippen molar-refractivity contribution in [2.45, 2.75) is 69.8 Å². The third-order valence-corrected chi connectivity index (χ3v) is 6.56. The highest BCUT2D eigenvalue weighted by molar-refractivity contribution is 5.76. The number of carboxylic acid groups (broad SMARTS) is 1. The fraction of sp³-hybridized carbons (Fsp3) is 0.600. The van der Waals surface area contributed by atoms with Gasteiger partial charge in [-0.2, -0.15) is 0 Å². The Kier molecular flexibility index (Phi) is 8.79. The fourth-order valence-corrected chi connectivity index (χ4v) is 4.40. The maximum absolute atomic E-state index is 13.1. The Morgan fingerprint density at radius 1 is 1.20 bits per heavy atom. The highest BCUT2D eigenvalue weighted by Crippen LogP contribution is 2.39. The van der Waals surface area contributed by atoms with Gasteiger partial charge >= 0.3 is 5.97 Å². The van der Waals surface area contributed by atoms with Crippen molar-refractivity contribution in [3.8, 4) is 0 Å². The van der Waals surface area contributed by atoms with Crippen LogP contribution in [0.1, 0.15) is 61.3 Å². The molecule has 1 saturated carbocycles. The molecule has 1 fully saturated rings. The lowest BCUT2D eigenvalue weighted by Gasteiger charge is -2.24.